The summed E-state index contributed by atoms with van der Waals surface area (Å²) >= 11 is 0. The fourth-order valence-electron chi connectivity index (χ4n) is 0. The monoisotopic (exact) mass is 56.0 g/mol. The number of nitrogens with zero attached hydrogens (tertiary/aromatic N) is 1. The van der Waals surface area contributed by atoms with Crippen molar-refractivity contribution in [3.63, 3.8) is 0 Å². The van der Waals surface area contributed by atoms with Gasteiger partial charge in [0.05, 0.1) is 0 Å². The van der Waals surface area contributed by atoms with Gasteiger partial charge in [-0.15, -0.1) is 0 Å². The molecule has 2 N–H and O–H groups in total. The summed E-state index contributed by atoms with van der Waals surface area (Å²) in [5, 5.41) is 5.85. The first-order valence-corrected chi connectivity index (χ1v) is 0.697. The number of nitrogens with one attached hydrogen (secondary N) is 2. The van der Waals surface area contributed by atoms with Crippen molar-refractivity contribution in [2.24, 2.45) is 0 Å². The zero-order valence-corrected chi connectivity index (χ0v) is 1.95. The SMILES string of the molecule is N=C=[N+]=N. The Labute approximate surface area is 23.0 Å². The van der Waals surface area contributed by atoms with E-state index < -0.39 is 0 Å². The van der Waals surface area contributed by atoms with E-state index in [0.717, 1.165) is 0 Å². The fourth-order valence-corrected chi connectivity index (χ4v) is 0. The van der Waals surface area contributed by atoms with E-state index in [9.17, 15) is 0 Å². The third-order valence-corrected chi connectivity index (χ3v) is 0.0559. The Bertz CT molecular complexity index is 53.4. The van der Waals surface area contributed by atoms with E-state index in [0.29, 0.717) is 0 Å². The van der Waals surface area contributed by atoms with Crippen LogP contribution in [0.25, 0.3) is 0 Å². The average Bonchev–Trinajstić information content (AvgIpc) is 1.37. The molecule has 0 aromatic carbocycles. The minimum absolute atomic E-state index is 1.47. The maximum Gasteiger partial charge on any atom is 0.452 e. The number of hydrogen-bond donors (Lipinski definition) is 2. The zero-order chi connectivity index (χ0) is 3.41. The summed E-state index contributed by atoms with van der Waals surface area (Å²) in [6, 6.07) is 1.47. The molecule has 0 aromatic heterocycles. The molecule has 0 spiro atoms. The van der Waals surface area contributed by atoms with Gasteiger partial charge in [0, 0.05) is 0 Å². The lowest BCUT2D eigenvalue weighted by Gasteiger charge is -1.03. The normalized spacial score (nSPS) is 3.00. The average molecular weight is 56.0 g/mol. The summed E-state index contributed by atoms with van der Waals surface area (Å²) in [5.41, 5.74) is 5.78. The van der Waals surface area contributed by atoms with Crippen LogP contribution in [0, 0.1) is 10.9 Å². The molecule has 0 radical (unpaired) electrons. The van der Waals surface area contributed by atoms with E-state index in [-0.39, 0.29) is 0 Å². The molecule has 0 aromatic rings. The zero-order valence-electron chi connectivity index (χ0n) is 1.95. The van der Waals surface area contributed by atoms with Gasteiger partial charge in [-0.1, -0.05) is 0 Å². The Morgan fingerprint density at radius 2 is 2.00 bits per heavy atom. The standard InChI is InChI=1S/CH2N3/c2-1-4-3/h2-3H/q+1. The van der Waals surface area contributed by atoms with E-state index in [1.54, 1.807) is 0 Å². The molecule has 0 saturated carbocycles. The van der Waals surface area contributed by atoms with Gasteiger partial charge in [0.15, 0.2) is 0 Å². The highest BCUT2D eigenvalue weighted by atomic mass is 14.8. The van der Waals surface area contributed by atoms with E-state index >= 15 is 0 Å². The molecule has 0 aliphatic rings. The minimum atomic E-state index is 1.47. The molecule has 0 aliphatic heterocycles. The summed E-state index contributed by atoms with van der Waals surface area (Å²) in [7, 11) is 0. The van der Waals surface area contributed by atoms with Crippen LogP contribution < -0.4 is 0 Å². The molecule has 3 nitrogen and oxygen atoms in total. The predicted molar refractivity (Wildman–Crippen MR) is 10.7 cm³/mol. The van der Waals surface area contributed by atoms with Gasteiger partial charge in [-0.05, 0) is 15.7 Å². The molecule has 0 rings (SSSR count). The molecule has 0 amide bonds. The van der Waals surface area contributed by atoms with Gasteiger partial charge in [-0.3, -0.25) is 0 Å². The maximum absolute atomic E-state index is 5.85. The van der Waals surface area contributed by atoms with Crippen molar-refractivity contribution in [1.29, 1.82) is 10.9 Å². The lowest BCUT2D eigenvalue weighted by molar-refractivity contribution is -0.110. The van der Waals surface area contributed by atoms with Crippen molar-refractivity contribution in [1.82, 2.24) is 0 Å². The molecule has 20 valence electrons. The van der Waals surface area contributed by atoms with Gasteiger partial charge in [0.1, 0.15) is 0 Å². The molecule has 0 saturated heterocycles. The second-order valence-electron chi connectivity index (χ2n) is 0.224. The van der Waals surface area contributed by atoms with Crippen molar-refractivity contribution in [2.45, 2.75) is 0 Å². The summed E-state index contributed by atoms with van der Waals surface area (Å²) in [4.78, 5) is 2.40. The van der Waals surface area contributed by atoms with Gasteiger partial charge in [0.25, 0.3) is 0 Å². The van der Waals surface area contributed by atoms with E-state index in [1.807, 2.05) is 0 Å². The number of rotatable bonds is 0. The first kappa shape index (κ1) is 3.09. The van der Waals surface area contributed by atoms with Crippen molar-refractivity contribution in [2.75, 3.05) is 0 Å². The summed E-state index contributed by atoms with van der Waals surface area (Å²) in [6.07, 6.45) is 0. The molecular formula is CH2N3+. The Balaban J connectivity index is 3.95. The summed E-state index contributed by atoms with van der Waals surface area (Å²) in [5.74, 6) is 0. The highest BCUT2D eigenvalue weighted by molar-refractivity contribution is 5.25. The van der Waals surface area contributed by atoms with Gasteiger partial charge in [-0.25, -0.2) is 0 Å². The topological polar surface area (TPSA) is 61.8 Å². The van der Waals surface area contributed by atoms with Crippen LogP contribution in [-0.4, -0.2) is 10.8 Å². The largest absolute Gasteiger partial charge is 0.452 e. The van der Waals surface area contributed by atoms with E-state index in [1.165, 1.54) is 6.01 Å². The van der Waals surface area contributed by atoms with Crippen molar-refractivity contribution >= 4 is 6.01 Å². The van der Waals surface area contributed by atoms with Crippen LogP contribution in [0.4, 0.5) is 0 Å². The Morgan fingerprint density at radius 3 is 2.00 bits per heavy atom. The molecule has 3 heteroatoms. The first-order valence-electron chi connectivity index (χ1n) is 0.697. The summed E-state index contributed by atoms with van der Waals surface area (Å²) in [6.45, 7) is 0. The molecular weight excluding hydrogens is 54.0 g/mol. The molecule has 0 heterocycles. The quantitative estimate of drug-likeness (QED) is 0.222. The molecule has 0 unspecified atom stereocenters. The Hall–Kier alpha value is -0.910. The van der Waals surface area contributed by atoms with Gasteiger partial charge in [-0.2, -0.15) is 0 Å². The highest BCUT2D eigenvalue weighted by Crippen LogP contribution is 0.967. The lowest BCUT2D eigenvalue weighted by atomic mass is 11.6. The second kappa shape index (κ2) is 2.09. The molecule has 4 heavy (non-hydrogen) atoms. The second-order valence-corrected chi connectivity index (χ2v) is 0.224. The molecule has 0 atom stereocenters. The smallest absolute Gasteiger partial charge is 0.0367 e. The minimum Gasteiger partial charge on any atom is -0.0367 e. The predicted octanol–water partition coefficient (Wildman–Crippen LogP) is -0.0218. The van der Waals surface area contributed by atoms with Crippen LogP contribution in [0.3, 0.4) is 0 Å². The van der Waals surface area contributed by atoms with Crippen LogP contribution >= 0.6 is 0 Å². The van der Waals surface area contributed by atoms with E-state index in [4.69, 9.17) is 10.9 Å². The fraction of sp³-hybridized carbons (Fsp3) is 0. The van der Waals surface area contributed by atoms with E-state index in [2.05, 4.69) is 4.79 Å². The third kappa shape index (κ3) is 1.09. The van der Waals surface area contributed by atoms with Crippen LogP contribution in [0.2, 0.25) is 0 Å². The first-order chi connectivity index (χ1) is 1.91. The molecule has 0 fully saturated rings. The maximum atomic E-state index is 5.85. The third-order valence-electron chi connectivity index (χ3n) is 0.0559. The van der Waals surface area contributed by atoms with Crippen molar-refractivity contribution in [3.05, 3.63) is 0 Å². The van der Waals surface area contributed by atoms with Gasteiger partial charge >= 0.3 is 6.01 Å². The summed E-state index contributed by atoms with van der Waals surface area (Å²) < 4.78 is 0. The Kier molecular flexibility index (Phi) is 1.61. The van der Waals surface area contributed by atoms with Crippen molar-refractivity contribution < 1.29 is 4.79 Å². The van der Waals surface area contributed by atoms with Gasteiger partial charge < -0.3 is 0 Å². The van der Waals surface area contributed by atoms with Crippen LogP contribution in [-0.2, 0) is 0 Å². The number of hydrogen-bond acceptors (Lipinski definition) is 2. The highest BCUT2D eigenvalue weighted by Gasteiger charge is 1.33. The van der Waals surface area contributed by atoms with Crippen LogP contribution in [0.15, 0.2) is 0 Å². The van der Waals surface area contributed by atoms with Crippen LogP contribution in [0.5, 0.6) is 0 Å². The van der Waals surface area contributed by atoms with Gasteiger partial charge in [0.2, 0.25) is 0 Å². The molecule has 0 bridgehead atoms. The van der Waals surface area contributed by atoms with Crippen molar-refractivity contribution in [3.8, 4) is 0 Å². The Morgan fingerprint density at radius 1 is 1.75 bits per heavy atom. The molecule has 0 aliphatic carbocycles. The van der Waals surface area contributed by atoms with Crippen LogP contribution in [0.1, 0.15) is 0 Å². The lowest BCUT2D eigenvalue weighted by Crippen LogP contribution is -1.36.